The van der Waals surface area contributed by atoms with Gasteiger partial charge in [-0.25, -0.2) is 0 Å². The highest BCUT2D eigenvalue weighted by molar-refractivity contribution is 9.10. The number of amides is 1. The quantitative estimate of drug-likeness (QED) is 0.398. The van der Waals surface area contributed by atoms with E-state index >= 15 is 0 Å². The molecule has 4 aromatic rings. The van der Waals surface area contributed by atoms with Gasteiger partial charge in [0.05, 0.1) is 28.6 Å². The van der Waals surface area contributed by atoms with Gasteiger partial charge in [-0.15, -0.1) is 10.2 Å². The molecule has 0 saturated carbocycles. The first kappa shape index (κ1) is 21.6. The molecule has 1 aliphatic heterocycles. The molecule has 0 spiro atoms. The van der Waals surface area contributed by atoms with Gasteiger partial charge in [0, 0.05) is 5.92 Å². The number of para-hydroxylation sites is 1. The third kappa shape index (κ3) is 3.32. The molecule has 8 nitrogen and oxygen atoms in total. The number of anilines is 1. The Morgan fingerprint density at radius 3 is 2.67 bits per heavy atom. The van der Waals surface area contributed by atoms with Crippen molar-refractivity contribution in [2.75, 3.05) is 12.0 Å². The van der Waals surface area contributed by atoms with Crippen LogP contribution in [0.1, 0.15) is 52.5 Å². The average Bonchev–Trinajstić information content (AvgIpc) is 3.39. The van der Waals surface area contributed by atoms with E-state index in [1.54, 1.807) is 36.4 Å². The highest BCUT2D eigenvalue weighted by Gasteiger charge is 2.45. The molecule has 1 N–H and O–H groups in total. The fourth-order valence-electron chi connectivity index (χ4n) is 3.90. The fourth-order valence-corrected chi connectivity index (χ4v) is 5.23. The van der Waals surface area contributed by atoms with Gasteiger partial charge in [0.25, 0.3) is 5.91 Å². The maximum Gasteiger partial charge on any atom is 0.297 e. The molecule has 2 aromatic heterocycles. The first-order valence-corrected chi connectivity index (χ1v) is 11.7. The topological polar surface area (TPSA) is 106 Å². The van der Waals surface area contributed by atoms with E-state index in [0.29, 0.717) is 26.1 Å². The van der Waals surface area contributed by atoms with Crippen LogP contribution in [-0.4, -0.2) is 28.3 Å². The maximum atomic E-state index is 13.6. The van der Waals surface area contributed by atoms with E-state index in [1.165, 1.54) is 23.3 Å². The molecule has 2 aromatic carbocycles. The van der Waals surface area contributed by atoms with Gasteiger partial charge < -0.3 is 14.3 Å². The van der Waals surface area contributed by atoms with E-state index in [1.807, 2.05) is 13.8 Å². The smallest absolute Gasteiger partial charge is 0.297 e. The van der Waals surface area contributed by atoms with Gasteiger partial charge >= 0.3 is 0 Å². The number of hydrogen-bond donors (Lipinski definition) is 1. The Morgan fingerprint density at radius 2 is 1.97 bits per heavy atom. The lowest BCUT2D eigenvalue weighted by molar-refractivity contribution is 0.0970. The number of hydrogen-bond acceptors (Lipinski definition) is 8. The number of phenols is 1. The van der Waals surface area contributed by atoms with E-state index in [9.17, 15) is 14.7 Å². The maximum absolute atomic E-state index is 13.6. The van der Waals surface area contributed by atoms with E-state index in [4.69, 9.17) is 9.15 Å². The third-order valence-electron chi connectivity index (χ3n) is 5.49. The van der Waals surface area contributed by atoms with Crippen molar-refractivity contribution in [2.45, 2.75) is 25.8 Å². The van der Waals surface area contributed by atoms with Crippen LogP contribution in [-0.2, 0) is 0 Å². The van der Waals surface area contributed by atoms with Crippen LogP contribution in [0.3, 0.4) is 0 Å². The summed E-state index contributed by atoms with van der Waals surface area (Å²) >= 11 is 4.62. The zero-order valence-electron chi connectivity index (χ0n) is 17.8. The first-order valence-electron chi connectivity index (χ1n) is 10.1. The number of benzene rings is 2. The Morgan fingerprint density at radius 1 is 1.21 bits per heavy atom. The second kappa shape index (κ2) is 7.96. The molecule has 1 aliphatic rings. The molecule has 168 valence electrons. The van der Waals surface area contributed by atoms with Crippen molar-refractivity contribution in [3.8, 4) is 11.5 Å². The van der Waals surface area contributed by atoms with Crippen LogP contribution in [0.5, 0.6) is 11.5 Å². The molecular formula is C23H18BrN3O5S. The lowest BCUT2D eigenvalue weighted by Crippen LogP contribution is -2.29. The molecule has 0 bridgehead atoms. The fraction of sp³-hybridized carbons (Fsp3) is 0.217. The van der Waals surface area contributed by atoms with Gasteiger partial charge in [-0.3, -0.25) is 14.5 Å². The summed E-state index contributed by atoms with van der Waals surface area (Å²) in [5.41, 5.74) is 0.788. The number of methoxy groups -OCH3 is 1. The van der Waals surface area contributed by atoms with E-state index in [-0.39, 0.29) is 34.2 Å². The Balaban J connectivity index is 1.81. The van der Waals surface area contributed by atoms with Crippen LogP contribution in [0.25, 0.3) is 11.0 Å². The highest BCUT2D eigenvalue weighted by atomic mass is 79.9. The zero-order valence-corrected chi connectivity index (χ0v) is 20.2. The lowest BCUT2D eigenvalue weighted by atomic mass is 9.98. The van der Waals surface area contributed by atoms with Gasteiger partial charge in [0.15, 0.2) is 16.9 Å². The number of fused-ring (bicyclic) bond motifs is 2. The second-order valence-electron chi connectivity index (χ2n) is 7.88. The van der Waals surface area contributed by atoms with Crippen LogP contribution < -0.4 is 15.1 Å². The number of ether oxygens (including phenoxy) is 1. The van der Waals surface area contributed by atoms with Gasteiger partial charge in [-0.05, 0) is 45.8 Å². The molecule has 3 heterocycles. The molecule has 1 amide bonds. The van der Waals surface area contributed by atoms with Crippen LogP contribution in [0.15, 0.2) is 50.1 Å². The van der Waals surface area contributed by atoms with E-state index < -0.39 is 11.9 Å². The Bertz CT molecular complexity index is 1480. The van der Waals surface area contributed by atoms with Crippen LogP contribution in [0.2, 0.25) is 0 Å². The molecule has 33 heavy (non-hydrogen) atoms. The average molecular weight is 528 g/mol. The summed E-state index contributed by atoms with van der Waals surface area (Å²) in [5.74, 6) is -0.271. The van der Waals surface area contributed by atoms with Crippen LogP contribution in [0.4, 0.5) is 5.13 Å². The van der Waals surface area contributed by atoms with Crippen molar-refractivity contribution in [1.82, 2.24) is 10.2 Å². The van der Waals surface area contributed by atoms with Crippen LogP contribution in [0, 0.1) is 0 Å². The number of phenolic OH excluding ortho intramolecular Hbond substituents is 1. The van der Waals surface area contributed by atoms with Gasteiger partial charge in [0.2, 0.25) is 10.9 Å². The number of carbonyl (C=O) groups is 1. The standard InChI is InChI=1S/C23H18BrN3O5S/c1-10(2)21-25-26-23(33-21)27-17(11-8-13(24)19(29)15(9-11)31-3)16-18(28)12-6-4-5-7-14(12)32-20(16)22(27)30/h4-10,17,29H,1-3H3. The van der Waals surface area contributed by atoms with Crippen molar-refractivity contribution in [2.24, 2.45) is 0 Å². The summed E-state index contributed by atoms with van der Waals surface area (Å²) in [5, 5.41) is 20.3. The number of carbonyl (C=O) groups excluding carboxylic acids is 1. The molecule has 0 radical (unpaired) electrons. The number of nitrogens with zero attached hydrogens (tertiary/aromatic N) is 3. The molecule has 1 atom stereocenters. The van der Waals surface area contributed by atoms with Crippen LogP contribution >= 0.6 is 27.3 Å². The Labute approximate surface area is 200 Å². The predicted molar refractivity (Wildman–Crippen MR) is 127 cm³/mol. The van der Waals surface area contributed by atoms with Crippen molar-refractivity contribution in [1.29, 1.82) is 0 Å². The molecule has 0 saturated heterocycles. The van der Waals surface area contributed by atoms with Gasteiger partial charge in [-0.1, -0.05) is 37.3 Å². The summed E-state index contributed by atoms with van der Waals surface area (Å²) in [6, 6.07) is 9.22. The molecule has 10 heteroatoms. The van der Waals surface area contributed by atoms with Crippen molar-refractivity contribution in [3.63, 3.8) is 0 Å². The van der Waals surface area contributed by atoms with E-state index in [2.05, 4.69) is 26.1 Å². The number of rotatable bonds is 4. The SMILES string of the molecule is COc1cc(C2c3c(oc4ccccc4c3=O)C(=O)N2c2nnc(C(C)C)s2)cc(Br)c1O. The first-order chi connectivity index (χ1) is 15.8. The van der Waals surface area contributed by atoms with Crippen molar-refractivity contribution >= 4 is 49.3 Å². The lowest BCUT2D eigenvalue weighted by Gasteiger charge is -2.23. The van der Waals surface area contributed by atoms with E-state index in [0.717, 1.165) is 5.01 Å². The minimum absolute atomic E-state index is 0.0341. The Hall–Kier alpha value is -3.24. The minimum atomic E-state index is -0.841. The number of aromatic nitrogens is 2. The summed E-state index contributed by atoms with van der Waals surface area (Å²) in [4.78, 5) is 28.6. The largest absolute Gasteiger partial charge is 0.503 e. The molecule has 0 aliphatic carbocycles. The predicted octanol–water partition coefficient (Wildman–Crippen LogP) is 4.99. The highest BCUT2D eigenvalue weighted by Crippen LogP contribution is 2.46. The summed E-state index contributed by atoms with van der Waals surface area (Å²) in [7, 11) is 1.43. The third-order valence-corrected chi connectivity index (χ3v) is 7.32. The summed E-state index contributed by atoms with van der Waals surface area (Å²) < 4.78 is 11.6. The minimum Gasteiger partial charge on any atom is -0.503 e. The summed E-state index contributed by atoms with van der Waals surface area (Å²) in [6.07, 6.45) is 0. The second-order valence-corrected chi connectivity index (χ2v) is 9.72. The molecular weight excluding hydrogens is 510 g/mol. The number of aromatic hydroxyl groups is 1. The van der Waals surface area contributed by atoms with Crippen molar-refractivity contribution < 1.29 is 19.1 Å². The normalized spacial score (nSPS) is 15.5. The summed E-state index contributed by atoms with van der Waals surface area (Å²) in [6.45, 7) is 3.98. The monoisotopic (exact) mass is 527 g/mol. The molecule has 5 rings (SSSR count). The zero-order chi connectivity index (χ0) is 23.4. The Kier molecular flexibility index (Phi) is 5.21. The van der Waals surface area contributed by atoms with Crippen molar-refractivity contribution in [3.05, 3.63) is 73.0 Å². The van der Waals surface area contributed by atoms with Gasteiger partial charge in [-0.2, -0.15) is 0 Å². The molecule has 0 fully saturated rings. The number of halogens is 1. The van der Waals surface area contributed by atoms with Gasteiger partial charge in [0.1, 0.15) is 10.6 Å². The molecule has 1 unspecified atom stereocenters.